The minimum Gasteiger partial charge on any atom is -0.295 e. The second kappa shape index (κ2) is 4.35. The van der Waals surface area contributed by atoms with E-state index in [0.717, 1.165) is 16.9 Å². The summed E-state index contributed by atoms with van der Waals surface area (Å²) in [4.78, 5) is 25.2. The van der Waals surface area contributed by atoms with Crippen LogP contribution >= 0.6 is 0 Å². The van der Waals surface area contributed by atoms with Gasteiger partial charge in [-0.2, -0.15) is 0 Å². The first-order chi connectivity index (χ1) is 9.16. The number of anilines is 2. The smallest absolute Gasteiger partial charge is 0.236 e. The predicted octanol–water partition coefficient (Wildman–Crippen LogP) is 3.11. The van der Waals surface area contributed by atoms with E-state index in [0.29, 0.717) is 12.0 Å². The molecule has 0 N–H and O–H groups in total. The van der Waals surface area contributed by atoms with Gasteiger partial charge in [0.1, 0.15) is 0 Å². The summed E-state index contributed by atoms with van der Waals surface area (Å²) >= 11 is 0. The first-order valence-corrected chi connectivity index (χ1v) is 6.18. The van der Waals surface area contributed by atoms with E-state index in [-0.39, 0.29) is 11.7 Å². The summed E-state index contributed by atoms with van der Waals surface area (Å²) in [6.45, 7) is 1.54. The molecule has 3 heteroatoms. The number of amides is 1. The van der Waals surface area contributed by atoms with Crippen molar-refractivity contribution in [2.24, 2.45) is 0 Å². The Hall–Kier alpha value is -2.42. The fraction of sp³-hybridized carbons (Fsp3) is 0.125. The molecule has 0 aromatic heterocycles. The molecule has 94 valence electrons. The molecular formula is C16H13NO2. The Morgan fingerprint density at radius 3 is 2.53 bits per heavy atom. The second-order valence-corrected chi connectivity index (χ2v) is 4.64. The zero-order chi connectivity index (χ0) is 13.4. The van der Waals surface area contributed by atoms with Gasteiger partial charge in [0.15, 0.2) is 5.78 Å². The van der Waals surface area contributed by atoms with Crippen LogP contribution in [0.1, 0.15) is 22.8 Å². The SMILES string of the molecule is CC(=O)c1ccc2c(c1)CC(=O)N2c1ccccc1. The molecule has 1 amide bonds. The summed E-state index contributed by atoms with van der Waals surface area (Å²) in [5.41, 5.74) is 3.31. The highest BCUT2D eigenvalue weighted by Gasteiger charge is 2.28. The van der Waals surface area contributed by atoms with Gasteiger partial charge in [-0.25, -0.2) is 0 Å². The van der Waals surface area contributed by atoms with Gasteiger partial charge in [-0.1, -0.05) is 18.2 Å². The van der Waals surface area contributed by atoms with E-state index < -0.39 is 0 Å². The number of Topliss-reactive ketones (excluding diaryl/α,β-unsaturated/α-hetero) is 1. The van der Waals surface area contributed by atoms with Gasteiger partial charge in [-0.05, 0) is 42.8 Å². The first kappa shape index (κ1) is 11.7. The lowest BCUT2D eigenvalue weighted by atomic mass is 10.1. The number of para-hydroxylation sites is 1. The lowest BCUT2D eigenvalue weighted by molar-refractivity contribution is -0.116. The normalized spacial score (nSPS) is 13.5. The van der Waals surface area contributed by atoms with Crippen molar-refractivity contribution >= 4 is 23.1 Å². The van der Waals surface area contributed by atoms with Gasteiger partial charge < -0.3 is 0 Å². The highest BCUT2D eigenvalue weighted by atomic mass is 16.2. The van der Waals surface area contributed by atoms with Gasteiger partial charge in [0.25, 0.3) is 0 Å². The van der Waals surface area contributed by atoms with Gasteiger partial charge in [-0.3, -0.25) is 14.5 Å². The third-order valence-corrected chi connectivity index (χ3v) is 3.33. The largest absolute Gasteiger partial charge is 0.295 e. The Kier molecular flexibility index (Phi) is 2.67. The van der Waals surface area contributed by atoms with Crippen molar-refractivity contribution in [1.82, 2.24) is 0 Å². The van der Waals surface area contributed by atoms with E-state index in [1.165, 1.54) is 6.92 Å². The molecule has 3 nitrogen and oxygen atoms in total. The van der Waals surface area contributed by atoms with E-state index >= 15 is 0 Å². The van der Waals surface area contributed by atoms with E-state index in [9.17, 15) is 9.59 Å². The number of ketones is 1. The van der Waals surface area contributed by atoms with Crippen LogP contribution in [0.25, 0.3) is 0 Å². The summed E-state index contributed by atoms with van der Waals surface area (Å²) in [6, 6.07) is 15.0. The first-order valence-electron chi connectivity index (χ1n) is 6.18. The number of hydrogen-bond donors (Lipinski definition) is 0. The van der Waals surface area contributed by atoms with Crippen molar-refractivity contribution in [3.8, 4) is 0 Å². The number of carbonyl (C=O) groups excluding carboxylic acids is 2. The van der Waals surface area contributed by atoms with E-state index in [2.05, 4.69) is 0 Å². The second-order valence-electron chi connectivity index (χ2n) is 4.64. The van der Waals surface area contributed by atoms with E-state index in [1.54, 1.807) is 11.0 Å². The molecule has 19 heavy (non-hydrogen) atoms. The fourth-order valence-electron chi connectivity index (χ4n) is 2.40. The van der Waals surface area contributed by atoms with Gasteiger partial charge >= 0.3 is 0 Å². The van der Waals surface area contributed by atoms with Crippen LogP contribution in [0.4, 0.5) is 11.4 Å². The Morgan fingerprint density at radius 2 is 1.84 bits per heavy atom. The highest BCUT2D eigenvalue weighted by molar-refractivity contribution is 6.08. The third kappa shape index (κ3) is 1.93. The van der Waals surface area contributed by atoms with Crippen LogP contribution in [0.2, 0.25) is 0 Å². The monoisotopic (exact) mass is 251 g/mol. The molecule has 1 aliphatic rings. The van der Waals surface area contributed by atoms with Crippen LogP contribution < -0.4 is 4.90 Å². The molecule has 0 fully saturated rings. The molecule has 0 aliphatic carbocycles. The lowest BCUT2D eigenvalue weighted by Crippen LogP contribution is -2.20. The van der Waals surface area contributed by atoms with Crippen LogP contribution in [-0.2, 0) is 11.2 Å². The molecule has 2 aromatic carbocycles. The molecule has 3 rings (SSSR count). The van der Waals surface area contributed by atoms with Gasteiger partial charge in [0.05, 0.1) is 12.1 Å². The van der Waals surface area contributed by atoms with Crippen molar-refractivity contribution in [1.29, 1.82) is 0 Å². The van der Waals surface area contributed by atoms with Crippen LogP contribution in [0.5, 0.6) is 0 Å². The number of fused-ring (bicyclic) bond motifs is 1. The summed E-state index contributed by atoms with van der Waals surface area (Å²) in [7, 11) is 0. The maximum absolute atomic E-state index is 12.2. The summed E-state index contributed by atoms with van der Waals surface area (Å²) in [5, 5.41) is 0. The van der Waals surface area contributed by atoms with E-state index in [1.807, 2.05) is 42.5 Å². The van der Waals surface area contributed by atoms with Crippen LogP contribution in [0, 0.1) is 0 Å². The molecule has 0 unspecified atom stereocenters. The molecule has 0 saturated carbocycles. The minimum absolute atomic E-state index is 0.0217. The molecule has 1 aliphatic heterocycles. The number of carbonyl (C=O) groups is 2. The lowest BCUT2D eigenvalue weighted by Gasteiger charge is -2.17. The molecular weight excluding hydrogens is 238 g/mol. The summed E-state index contributed by atoms with van der Waals surface area (Å²) < 4.78 is 0. The van der Waals surface area contributed by atoms with Gasteiger partial charge in [0.2, 0.25) is 5.91 Å². The standard InChI is InChI=1S/C16H13NO2/c1-11(18)12-7-8-15-13(9-12)10-16(19)17(15)14-5-3-2-4-6-14/h2-9H,10H2,1H3. The van der Waals surface area contributed by atoms with Crippen molar-refractivity contribution in [2.75, 3.05) is 4.90 Å². The zero-order valence-electron chi connectivity index (χ0n) is 10.6. The number of hydrogen-bond acceptors (Lipinski definition) is 2. The third-order valence-electron chi connectivity index (χ3n) is 3.33. The average Bonchev–Trinajstić information content (AvgIpc) is 2.74. The summed E-state index contributed by atoms with van der Waals surface area (Å²) in [5.74, 6) is 0.0651. The highest BCUT2D eigenvalue weighted by Crippen LogP contribution is 2.35. The minimum atomic E-state index is 0.0217. The quantitative estimate of drug-likeness (QED) is 0.769. The van der Waals surface area contributed by atoms with Crippen molar-refractivity contribution < 1.29 is 9.59 Å². The number of nitrogens with zero attached hydrogens (tertiary/aromatic N) is 1. The van der Waals surface area contributed by atoms with Crippen LogP contribution in [0.15, 0.2) is 48.5 Å². The fourth-order valence-corrected chi connectivity index (χ4v) is 2.40. The number of benzene rings is 2. The van der Waals surface area contributed by atoms with Crippen molar-refractivity contribution in [3.63, 3.8) is 0 Å². The molecule has 2 aromatic rings. The van der Waals surface area contributed by atoms with Crippen LogP contribution in [-0.4, -0.2) is 11.7 Å². The topological polar surface area (TPSA) is 37.4 Å². The molecule has 0 bridgehead atoms. The van der Waals surface area contributed by atoms with Crippen molar-refractivity contribution in [2.45, 2.75) is 13.3 Å². The number of rotatable bonds is 2. The molecule has 0 spiro atoms. The Morgan fingerprint density at radius 1 is 1.11 bits per heavy atom. The predicted molar refractivity (Wildman–Crippen MR) is 73.7 cm³/mol. The molecule has 0 atom stereocenters. The molecule has 1 heterocycles. The maximum atomic E-state index is 12.2. The molecule has 0 saturated heterocycles. The average molecular weight is 251 g/mol. The van der Waals surface area contributed by atoms with E-state index in [4.69, 9.17) is 0 Å². The van der Waals surface area contributed by atoms with Gasteiger partial charge in [-0.15, -0.1) is 0 Å². The Bertz CT molecular complexity index is 662. The maximum Gasteiger partial charge on any atom is 0.236 e. The summed E-state index contributed by atoms with van der Waals surface area (Å²) in [6.07, 6.45) is 0.353. The zero-order valence-corrected chi connectivity index (χ0v) is 10.6. The molecule has 0 radical (unpaired) electrons. The Balaban J connectivity index is 2.08. The van der Waals surface area contributed by atoms with Crippen molar-refractivity contribution in [3.05, 3.63) is 59.7 Å². The van der Waals surface area contributed by atoms with Gasteiger partial charge in [0, 0.05) is 11.3 Å². The Labute approximate surface area is 111 Å². The van der Waals surface area contributed by atoms with Crippen LogP contribution in [0.3, 0.4) is 0 Å².